The molecule has 2 aliphatic heterocycles. The van der Waals surface area contributed by atoms with Gasteiger partial charge in [0.05, 0.1) is 4.90 Å². The number of nitrogen functional groups attached to an aromatic ring is 1. The largest absolute Gasteiger partial charge is 0.398 e. The Labute approximate surface area is 126 Å². The Balaban J connectivity index is 1.96. The van der Waals surface area contributed by atoms with Gasteiger partial charge in [0.2, 0.25) is 10.0 Å². The van der Waals surface area contributed by atoms with Crippen molar-refractivity contribution < 1.29 is 8.42 Å². The van der Waals surface area contributed by atoms with E-state index in [0.717, 1.165) is 25.1 Å². The van der Waals surface area contributed by atoms with Gasteiger partial charge in [-0.15, -0.1) is 0 Å². The predicted molar refractivity (Wildman–Crippen MR) is 83.7 cm³/mol. The lowest BCUT2D eigenvalue weighted by Gasteiger charge is -2.37. The van der Waals surface area contributed by atoms with Crippen molar-refractivity contribution in [3.63, 3.8) is 0 Å². The Kier molecular flexibility index (Phi) is 3.71. The first kappa shape index (κ1) is 14.8. The van der Waals surface area contributed by atoms with Gasteiger partial charge in [-0.3, -0.25) is 4.90 Å². The average molecular weight is 309 g/mol. The maximum absolute atomic E-state index is 13.0. The molecular formula is C15H23N3O2S. The molecule has 3 rings (SSSR count). The molecule has 2 fully saturated rings. The molecule has 0 spiro atoms. The molecule has 5 nitrogen and oxygen atoms in total. The highest BCUT2D eigenvalue weighted by Crippen LogP contribution is 2.30. The smallest absolute Gasteiger partial charge is 0.243 e. The highest BCUT2D eigenvalue weighted by atomic mass is 32.2. The van der Waals surface area contributed by atoms with Gasteiger partial charge in [0.15, 0.2) is 0 Å². The first-order chi connectivity index (χ1) is 9.91. The van der Waals surface area contributed by atoms with Crippen molar-refractivity contribution >= 4 is 15.7 Å². The van der Waals surface area contributed by atoms with Crippen molar-refractivity contribution in [2.24, 2.45) is 0 Å². The monoisotopic (exact) mass is 309 g/mol. The van der Waals surface area contributed by atoms with Gasteiger partial charge in [0, 0.05) is 31.4 Å². The second-order valence-corrected chi connectivity index (χ2v) is 8.00. The highest BCUT2D eigenvalue weighted by Gasteiger charge is 2.37. The van der Waals surface area contributed by atoms with Crippen LogP contribution in [0.5, 0.6) is 0 Å². The zero-order chi connectivity index (χ0) is 15.2. The first-order valence-corrected chi connectivity index (χ1v) is 8.95. The van der Waals surface area contributed by atoms with Crippen molar-refractivity contribution in [1.29, 1.82) is 0 Å². The van der Waals surface area contributed by atoms with Crippen molar-refractivity contribution in [3.05, 3.63) is 23.3 Å². The van der Waals surface area contributed by atoms with E-state index < -0.39 is 10.0 Å². The summed E-state index contributed by atoms with van der Waals surface area (Å²) in [6, 6.07) is 3.95. The van der Waals surface area contributed by atoms with Crippen LogP contribution in [0.25, 0.3) is 0 Å². The van der Waals surface area contributed by atoms with E-state index in [1.54, 1.807) is 23.4 Å². The SMILES string of the molecule is Cc1ccc(N)c(C)c1S(=O)(=O)N1CCN2CCCC2C1. The summed E-state index contributed by atoms with van der Waals surface area (Å²) in [7, 11) is -3.46. The van der Waals surface area contributed by atoms with Gasteiger partial charge in [0.1, 0.15) is 0 Å². The van der Waals surface area contributed by atoms with E-state index in [-0.39, 0.29) is 0 Å². The fourth-order valence-electron chi connectivity index (χ4n) is 3.55. The average Bonchev–Trinajstić information content (AvgIpc) is 2.90. The number of aryl methyl sites for hydroxylation is 1. The lowest BCUT2D eigenvalue weighted by atomic mass is 10.1. The molecule has 0 radical (unpaired) electrons. The van der Waals surface area contributed by atoms with Crippen LogP contribution in [0.3, 0.4) is 0 Å². The minimum Gasteiger partial charge on any atom is -0.398 e. The van der Waals surface area contributed by atoms with Crippen LogP contribution in [0.2, 0.25) is 0 Å². The van der Waals surface area contributed by atoms with Crippen LogP contribution in [-0.4, -0.2) is 49.8 Å². The Morgan fingerprint density at radius 1 is 1.19 bits per heavy atom. The molecule has 0 bridgehead atoms. The number of rotatable bonds is 2. The summed E-state index contributed by atoms with van der Waals surface area (Å²) in [6.45, 7) is 6.76. The Morgan fingerprint density at radius 3 is 2.71 bits per heavy atom. The zero-order valence-corrected chi connectivity index (χ0v) is 13.5. The molecule has 0 aliphatic carbocycles. The second kappa shape index (κ2) is 5.26. The molecule has 2 aliphatic rings. The minimum atomic E-state index is -3.46. The third kappa shape index (κ3) is 2.45. The molecule has 0 saturated carbocycles. The van der Waals surface area contributed by atoms with Crippen LogP contribution in [0.15, 0.2) is 17.0 Å². The summed E-state index contributed by atoms with van der Waals surface area (Å²) in [4.78, 5) is 2.80. The normalized spacial score (nSPS) is 24.2. The van der Waals surface area contributed by atoms with Gasteiger partial charge in [-0.25, -0.2) is 8.42 Å². The number of piperazine rings is 1. The summed E-state index contributed by atoms with van der Waals surface area (Å²) in [6.07, 6.45) is 2.27. The van der Waals surface area contributed by atoms with E-state index >= 15 is 0 Å². The quantitative estimate of drug-likeness (QED) is 0.838. The number of hydrogen-bond acceptors (Lipinski definition) is 4. The van der Waals surface area contributed by atoms with Crippen molar-refractivity contribution in [3.8, 4) is 0 Å². The van der Waals surface area contributed by atoms with Crippen LogP contribution in [-0.2, 0) is 10.0 Å². The predicted octanol–water partition coefficient (Wildman–Crippen LogP) is 1.35. The van der Waals surface area contributed by atoms with Gasteiger partial charge < -0.3 is 5.73 Å². The number of nitrogens with two attached hydrogens (primary N) is 1. The maximum Gasteiger partial charge on any atom is 0.243 e. The van der Waals surface area contributed by atoms with Gasteiger partial charge >= 0.3 is 0 Å². The number of sulfonamides is 1. The summed E-state index contributed by atoms with van der Waals surface area (Å²) in [5.41, 5.74) is 7.89. The third-order valence-electron chi connectivity index (χ3n) is 4.79. The minimum absolute atomic E-state index is 0.384. The molecule has 2 heterocycles. The maximum atomic E-state index is 13.0. The second-order valence-electron chi connectivity index (χ2n) is 6.12. The van der Waals surface area contributed by atoms with Crippen LogP contribution >= 0.6 is 0 Å². The van der Waals surface area contributed by atoms with Gasteiger partial charge in [-0.1, -0.05) is 6.07 Å². The van der Waals surface area contributed by atoms with Crippen LogP contribution in [0, 0.1) is 13.8 Å². The topological polar surface area (TPSA) is 66.6 Å². The molecule has 1 aromatic carbocycles. The fraction of sp³-hybridized carbons (Fsp3) is 0.600. The molecule has 2 N–H and O–H groups in total. The molecule has 2 saturated heterocycles. The molecule has 0 amide bonds. The molecule has 21 heavy (non-hydrogen) atoms. The zero-order valence-electron chi connectivity index (χ0n) is 12.7. The van der Waals surface area contributed by atoms with Crippen LogP contribution < -0.4 is 5.73 Å². The first-order valence-electron chi connectivity index (χ1n) is 7.51. The van der Waals surface area contributed by atoms with E-state index in [0.29, 0.717) is 35.3 Å². The summed E-state index contributed by atoms with van der Waals surface area (Å²) >= 11 is 0. The lowest BCUT2D eigenvalue weighted by molar-refractivity contribution is 0.158. The number of benzene rings is 1. The van der Waals surface area contributed by atoms with Crippen molar-refractivity contribution in [2.75, 3.05) is 31.9 Å². The highest BCUT2D eigenvalue weighted by molar-refractivity contribution is 7.89. The molecular weight excluding hydrogens is 286 g/mol. The Morgan fingerprint density at radius 2 is 1.95 bits per heavy atom. The molecule has 116 valence electrons. The van der Waals surface area contributed by atoms with Crippen molar-refractivity contribution in [2.45, 2.75) is 37.6 Å². The molecule has 0 aromatic heterocycles. The van der Waals surface area contributed by atoms with E-state index in [2.05, 4.69) is 4.90 Å². The number of hydrogen-bond donors (Lipinski definition) is 1. The Hall–Kier alpha value is -1.11. The van der Waals surface area contributed by atoms with E-state index in [1.807, 2.05) is 6.92 Å². The standard InChI is InChI=1S/C15H23N3O2S/c1-11-5-6-14(16)12(2)15(11)21(19,20)18-9-8-17-7-3-4-13(17)10-18/h5-6,13H,3-4,7-10,16H2,1-2H3. The van der Waals surface area contributed by atoms with Crippen LogP contribution in [0.1, 0.15) is 24.0 Å². The molecule has 1 aromatic rings. The van der Waals surface area contributed by atoms with E-state index in [9.17, 15) is 8.42 Å². The van der Waals surface area contributed by atoms with Gasteiger partial charge in [-0.2, -0.15) is 4.31 Å². The summed E-state index contributed by atoms with van der Waals surface area (Å²) in [5.74, 6) is 0. The van der Waals surface area contributed by atoms with E-state index in [1.165, 1.54) is 6.42 Å². The summed E-state index contributed by atoms with van der Waals surface area (Å²) in [5, 5.41) is 0. The number of fused-ring (bicyclic) bond motifs is 1. The molecule has 1 atom stereocenters. The third-order valence-corrected chi connectivity index (χ3v) is 6.95. The molecule has 1 unspecified atom stereocenters. The van der Waals surface area contributed by atoms with Gasteiger partial charge in [0.25, 0.3) is 0 Å². The lowest BCUT2D eigenvalue weighted by Crippen LogP contribution is -2.52. The van der Waals surface area contributed by atoms with Crippen LogP contribution in [0.4, 0.5) is 5.69 Å². The Bertz CT molecular complexity index is 657. The number of anilines is 1. The van der Waals surface area contributed by atoms with E-state index in [4.69, 9.17) is 5.73 Å². The van der Waals surface area contributed by atoms with Crippen molar-refractivity contribution in [1.82, 2.24) is 9.21 Å². The molecule has 6 heteroatoms. The summed E-state index contributed by atoms with van der Waals surface area (Å²) < 4.78 is 27.7. The van der Waals surface area contributed by atoms with Gasteiger partial charge in [-0.05, 0) is 50.4 Å². The fourth-order valence-corrected chi connectivity index (χ4v) is 5.48. The number of nitrogens with zero attached hydrogens (tertiary/aromatic N) is 2.